The van der Waals surface area contributed by atoms with Gasteiger partial charge in [0.05, 0.1) is 5.92 Å². The minimum atomic E-state index is -0.805. The van der Waals surface area contributed by atoms with Crippen LogP contribution in [0.25, 0.3) is 0 Å². The number of amides is 1. The number of carbonyl (C=O) groups excluding carboxylic acids is 1. The monoisotopic (exact) mass is 288 g/mol. The molecule has 5 nitrogen and oxygen atoms in total. The Bertz CT molecular complexity index is 546. The van der Waals surface area contributed by atoms with Crippen LogP contribution in [0.4, 0.5) is 0 Å². The van der Waals surface area contributed by atoms with Crippen molar-refractivity contribution in [3.63, 3.8) is 0 Å². The van der Waals surface area contributed by atoms with Crippen LogP contribution in [0.1, 0.15) is 30.9 Å². The van der Waals surface area contributed by atoms with Crippen molar-refractivity contribution in [2.24, 2.45) is 23.5 Å². The predicted octanol–water partition coefficient (Wildman–Crippen LogP) is 1.30. The Hall–Kier alpha value is -1.88. The van der Waals surface area contributed by atoms with Crippen LogP contribution in [-0.2, 0) is 9.59 Å². The molecule has 0 aliphatic heterocycles. The van der Waals surface area contributed by atoms with Crippen molar-refractivity contribution in [3.05, 3.63) is 35.9 Å². The molecule has 1 aromatic carbocycles. The maximum absolute atomic E-state index is 12.3. The van der Waals surface area contributed by atoms with Crippen LogP contribution in [0.5, 0.6) is 0 Å². The zero-order valence-corrected chi connectivity index (χ0v) is 11.7. The highest BCUT2D eigenvalue weighted by atomic mass is 16.4. The number of aliphatic carboxylic acids is 1. The van der Waals surface area contributed by atoms with Gasteiger partial charge in [-0.2, -0.15) is 0 Å². The zero-order valence-electron chi connectivity index (χ0n) is 11.7. The summed E-state index contributed by atoms with van der Waals surface area (Å²) < 4.78 is 0. The van der Waals surface area contributed by atoms with Crippen LogP contribution in [-0.4, -0.2) is 23.0 Å². The molecule has 0 radical (unpaired) electrons. The van der Waals surface area contributed by atoms with Gasteiger partial charge >= 0.3 is 5.97 Å². The van der Waals surface area contributed by atoms with Gasteiger partial charge < -0.3 is 16.2 Å². The van der Waals surface area contributed by atoms with E-state index in [2.05, 4.69) is 5.32 Å². The molecule has 2 bridgehead atoms. The van der Waals surface area contributed by atoms with Crippen LogP contribution < -0.4 is 11.1 Å². The number of fused-ring (bicyclic) bond motifs is 2. The van der Waals surface area contributed by atoms with E-state index in [1.807, 2.05) is 18.2 Å². The fourth-order valence-electron chi connectivity index (χ4n) is 3.92. The van der Waals surface area contributed by atoms with Crippen molar-refractivity contribution in [1.29, 1.82) is 0 Å². The van der Waals surface area contributed by atoms with Gasteiger partial charge in [0.1, 0.15) is 6.04 Å². The third kappa shape index (κ3) is 2.53. The van der Waals surface area contributed by atoms with E-state index >= 15 is 0 Å². The van der Waals surface area contributed by atoms with Crippen molar-refractivity contribution < 1.29 is 14.7 Å². The molecule has 4 N–H and O–H groups in total. The van der Waals surface area contributed by atoms with Gasteiger partial charge in [-0.3, -0.25) is 9.59 Å². The number of carbonyl (C=O) groups is 2. The minimum absolute atomic E-state index is 0.200. The number of rotatable bonds is 4. The third-order valence-electron chi connectivity index (χ3n) is 4.95. The molecule has 5 unspecified atom stereocenters. The quantitative estimate of drug-likeness (QED) is 0.778. The topological polar surface area (TPSA) is 92.4 Å². The molecule has 1 aromatic rings. The van der Waals surface area contributed by atoms with Gasteiger partial charge in [0.25, 0.3) is 0 Å². The second-order valence-electron chi connectivity index (χ2n) is 6.12. The summed E-state index contributed by atoms with van der Waals surface area (Å²) in [6.07, 6.45) is 2.86. The summed E-state index contributed by atoms with van der Waals surface area (Å²) in [4.78, 5) is 23.8. The van der Waals surface area contributed by atoms with Gasteiger partial charge in [0, 0.05) is 6.04 Å². The third-order valence-corrected chi connectivity index (χ3v) is 4.95. The maximum atomic E-state index is 12.3. The van der Waals surface area contributed by atoms with Crippen molar-refractivity contribution in [2.45, 2.75) is 31.3 Å². The summed E-state index contributed by atoms with van der Waals surface area (Å²) in [5.41, 5.74) is 6.72. The highest BCUT2D eigenvalue weighted by Gasteiger charge is 2.51. The largest absolute Gasteiger partial charge is 0.481 e. The van der Waals surface area contributed by atoms with E-state index in [1.54, 1.807) is 12.1 Å². The summed E-state index contributed by atoms with van der Waals surface area (Å²) in [6, 6.07) is 8.12. The standard InChI is InChI=1S/C16H20N2O3/c17-13(9-4-2-1-3-5-9)15(19)18-14-11-7-6-10(8-11)12(14)16(20)21/h1-5,10-14H,6-8,17H2,(H,18,19)(H,20,21). The Morgan fingerprint density at radius 1 is 1.19 bits per heavy atom. The molecule has 5 atom stereocenters. The van der Waals surface area contributed by atoms with Gasteiger partial charge in [-0.15, -0.1) is 0 Å². The minimum Gasteiger partial charge on any atom is -0.481 e. The Labute approximate surface area is 123 Å². The molecule has 1 amide bonds. The number of carboxylic acids is 1. The fraction of sp³-hybridized carbons (Fsp3) is 0.500. The second-order valence-corrected chi connectivity index (χ2v) is 6.12. The molecule has 2 fully saturated rings. The van der Waals surface area contributed by atoms with Crippen LogP contribution in [0.3, 0.4) is 0 Å². The summed E-state index contributed by atoms with van der Waals surface area (Å²) in [7, 11) is 0. The van der Waals surface area contributed by atoms with Crippen molar-refractivity contribution in [2.75, 3.05) is 0 Å². The zero-order chi connectivity index (χ0) is 15.0. The molecular formula is C16H20N2O3. The van der Waals surface area contributed by atoms with E-state index in [0.29, 0.717) is 0 Å². The molecule has 5 heteroatoms. The van der Waals surface area contributed by atoms with Crippen LogP contribution in [0, 0.1) is 17.8 Å². The van der Waals surface area contributed by atoms with Crippen molar-refractivity contribution >= 4 is 11.9 Å². The van der Waals surface area contributed by atoms with Crippen LogP contribution >= 0.6 is 0 Å². The Morgan fingerprint density at radius 2 is 1.86 bits per heavy atom. The molecular weight excluding hydrogens is 268 g/mol. The molecule has 2 aliphatic rings. The summed E-state index contributed by atoms with van der Waals surface area (Å²) in [5, 5.41) is 12.3. The maximum Gasteiger partial charge on any atom is 0.308 e. The Morgan fingerprint density at radius 3 is 2.52 bits per heavy atom. The lowest BCUT2D eigenvalue weighted by Gasteiger charge is -2.29. The number of carboxylic acid groups (broad SMARTS) is 1. The molecule has 0 spiro atoms. The van der Waals surface area contributed by atoms with E-state index < -0.39 is 17.9 Å². The number of nitrogens with one attached hydrogen (secondary N) is 1. The summed E-state index contributed by atoms with van der Waals surface area (Å²) in [6.45, 7) is 0. The lowest BCUT2D eigenvalue weighted by atomic mass is 9.84. The molecule has 112 valence electrons. The average Bonchev–Trinajstić information content (AvgIpc) is 3.08. The Kier molecular flexibility index (Phi) is 3.68. The van der Waals surface area contributed by atoms with E-state index in [4.69, 9.17) is 5.73 Å². The predicted molar refractivity (Wildman–Crippen MR) is 77.3 cm³/mol. The van der Waals surface area contributed by atoms with Gasteiger partial charge in [-0.25, -0.2) is 0 Å². The van der Waals surface area contributed by atoms with Crippen LogP contribution in [0.15, 0.2) is 30.3 Å². The Balaban J connectivity index is 1.71. The SMILES string of the molecule is NC(C(=O)NC1C2CCC(C2)C1C(=O)O)c1ccccc1. The van der Waals surface area contributed by atoms with Gasteiger partial charge in [-0.05, 0) is 36.7 Å². The highest BCUT2D eigenvalue weighted by molar-refractivity contribution is 5.84. The highest BCUT2D eigenvalue weighted by Crippen LogP contribution is 2.48. The lowest BCUT2D eigenvalue weighted by Crippen LogP contribution is -2.49. The first-order chi connectivity index (χ1) is 10.1. The normalized spacial score (nSPS) is 31.9. The summed E-state index contributed by atoms with van der Waals surface area (Å²) in [5.74, 6) is -1.07. The number of nitrogens with two attached hydrogens (primary N) is 1. The number of hydrogen-bond acceptors (Lipinski definition) is 3. The van der Waals surface area contributed by atoms with E-state index in [-0.39, 0.29) is 23.8 Å². The number of benzene rings is 1. The first-order valence-electron chi connectivity index (χ1n) is 7.41. The van der Waals surface area contributed by atoms with E-state index in [1.165, 1.54) is 0 Å². The number of hydrogen-bond donors (Lipinski definition) is 3. The van der Waals surface area contributed by atoms with E-state index in [0.717, 1.165) is 24.8 Å². The smallest absolute Gasteiger partial charge is 0.308 e. The molecule has 0 aromatic heterocycles. The lowest BCUT2D eigenvalue weighted by molar-refractivity contribution is -0.144. The average molecular weight is 288 g/mol. The first kappa shape index (κ1) is 14.1. The van der Waals surface area contributed by atoms with Gasteiger partial charge in [0.2, 0.25) is 5.91 Å². The van der Waals surface area contributed by atoms with E-state index in [9.17, 15) is 14.7 Å². The van der Waals surface area contributed by atoms with Gasteiger partial charge in [0.15, 0.2) is 0 Å². The fourth-order valence-corrected chi connectivity index (χ4v) is 3.92. The second kappa shape index (κ2) is 5.48. The van der Waals surface area contributed by atoms with Crippen molar-refractivity contribution in [3.8, 4) is 0 Å². The molecule has 3 rings (SSSR count). The molecule has 0 heterocycles. The molecule has 21 heavy (non-hydrogen) atoms. The molecule has 0 saturated heterocycles. The van der Waals surface area contributed by atoms with Gasteiger partial charge in [-0.1, -0.05) is 30.3 Å². The first-order valence-corrected chi connectivity index (χ1v) is 7.41. The van der Waals surface area contributed by atoms with Crippen molar-refractivity contribution in [1.82, 2.24) is 5.32 Å². The summed E-state index contributed by atoms with van der Waals surface area (Å²) >= 11 is 0. The molecule has 2 saturated carbocycles. The molecule has 2 aliphatic carbocycles. The van der Waals surface area contributed by atoms with Crippen LogP contribution in [0.2, 0.25) is 0 Å².